The van der Waals surface area contributed by atoms with Gasteiger partial charge in [0.1, 0.15) is 6.26 Å². The van der Waals surface area contributed by atoms with E-state index in [4.69, 9.17) is 4.74 Å². The summed E-state index contributed by atoms with van der Waals surface area (Å²) in [5, 5.41) is 29.1. The van der Waals surface area contributed by atoms with Gasteiger partial charge in [0.25, 0.3) is 0 Å². The maximum Gasteiger partial charge on any atom is 0.203 e. The van der Waals surface area contributed by atoms with Crippen molar-refractivity contribution in [1.82, 2.24) is 0 Å². The lowest BCUT2D eigenvalue weighted by Crippen LogP contribution is -2.37. The van der Waals surface area contributed by atoms with Gasteiger partial charge in [-0.25, -0.2) is 0 Å². The van der Waals surface area contributed by atoms with Gasteiger partial charge in [0, 0.05) is 0 Å². The Hall–Kier alpha value is -1.58. The smallest absolute Gasteiger partial charge is 0.203 e. The Labute approximate surface area is 99.5 Å². The first kappa shape index (κ1) is 10.6. The second-order valence-electron chi connectivity index (χ2n) is 4.97. The van der Waals surface area contributed by atoms with Crippen LogP contribution in [0.1, 0.15) is 32.1 Å². The highest BCUT2D eigenvalue weighted by atomic mass is 16.5. The number of rotatable bonds is 0. The SMILES string of the molecule is OC1=COC2(CCC3CCCC=C32)C(O)=C1O. The van der Waals surface area contributed by atoms with E-state index < -0.39 is 17.1 Å². The van der Waals surface area contributed by atoms with Crippen LogP contribution in [0.4, 0.5) is 0 Å². The van der Waals surface area contributed by atoms with Crippen molar-refractivity contribution in [2.45, 2.75) is 37.7 Å². The molecule has 4 nitrogen and oxygen atoms in total. The molecule has 1 spiro atoms. The van der Waals surface area contributed by atoms with Crippen LogP contribution >= 0.6 is 0 Å². The van der Waals surface area contributed by atoms with E-state index >= 15 is 0 Å². The van der Waals surface area contributed by atoms with Crippen molar-refractivity contribution in [2.24, 2.45) is 5.92 Å². The van der Waals surface area contributed by atoms with E-state index in [1.807, 2.05) is 0 Å². The third-order valence-electron chi connectivity index (χ3n) is 4.09. The highest BCUT2D eigenvalue weighted by molar-refractivity contribution is 5.42. The lowest BCUT2D eigenvalue weighted by Gasteiger charge is -2.34. The zero-order valence-electron chi connectivity index (χ0n) is 9.52. The first-order chi connectivity index (χ1) is 8.15. The third kappa shape index (κ3) is 1.30. The van der Waals surface area contributed by atoms with E-state index in [-0.39, 0.29) is 5.76 Å². The molecular formula is C13H16O4. The third-order valence-corrected chi connectivity index (χ3v) is 4.09. The first-order valence-corrected chi connectivity index (χ1v) is 6.05. The fraction of sp³-hybridized carbons (Fsp3) is 0.538. The second-order valence-corrected chi connectivity index (χ2v) is 4.97. The lowest BCUT2D eigenvalue weighted by molar-refractivity contribution is 0.0275. The number of aliphatic hydroxyl groups excluding tert-OH is 3. The molecular weight excluding hydrogens is 220 g/mol. The maximum absolute atomic E-state index is 10.1. The number of hydrogen-bond acceptors (Lipinski definition) is 4. The molecule has 4 heteroatoms. The normalized spacial score (nSPS) is 36.4. The Kier molecular flexibility index (Phi) is 2.15. The van der Waals surface area contributed by atoms with Crippen molar-refractivity contribution in [3.05, 3.63) is 35.2 Å². The van der Waals surface area contributed by atoms with Gasteiger partial charge < -0.3 is 20.1 Å². The van der Waals surface area contributed by atoms with E-state index in [2.05, 4.69) is 6.08 Å². The topological polar surface area (TPSA) is 69.9 Å². The molecule has 0 saturated heterocycles. The van der Waals surface area contributed by atoms with Gasteiger partial charge in [-0.3, -0.25) is 0 Å². The van der Waals surface area contributed by atoms with Gasteiger partial charge in [-0.2, -0.15) is 0 Å². The van der Waals surface area contributed by atoms with Crippen molar-refractivity contribution in [2.75, 3.05) is 0 Å². The summed E-state index contributed by atoms with van der Waals surface area (Å²) in [7, 11) is 0. The summed E-state index contributed by atoms with van der Waals surface area (Å²) < 4.78 is 5.54. The Morgan fingerprint density at radius 3 is 2.88 bits per heavy atom. The number of allylic oxidation sites excluding steroid dienone is 1. The molecule has 2 aliphatic carbocycles. The van der Waals surface area contributed by atoms with E-state index in [0.29, 0.717) is 12.3 Å². The molecule has 0 bridgehead atoms. The minimum Gasteiger partial charge on any atom is -0.505 e. The zero-order valence-corrected chi connectivity index (χ0v) is 9.52. The van der Waals surface area contributed by atoms with Crippen LogP contribution in [-0.4, -0.2) is 20.9 Å². The summed E-state index contributed by atoms with van der Waals surface area (Å²) in [6.07, 6.45) is 8.12. The summed E-state index contributed by atoms with van der Waals surface area (Å²) in [6.45, 7) is 0. The summed E-state index contributed by atoms with van der Waals surface area (Å²) in [5.41, 5.74) is 0.151. The van der Waals surface area contributed by atoms with Gasteiger partial charge in [-0.15, -0.1) is 0 Å². The largest absolute Gasteiger partial charge is 0.505 e. The number of ether oxygens (including phenoxy) is 1. The molecule has 2 unspecified atom stereocenters. The van der Waals surface area contributed by atoms with Crippen molar-refractivity contribution in [3.63, 3.8) is 0 Å². The van der Waals surface area contributed by atoms with Crippen LogP contribution in [0.2, 0.25) is 0 Å². The van der Waals surface area contributed by atoms with Gasteiger partial charge in [0.2, 0.25) is 5.76 Å². The number of aliphatic hydroxyl groups is 3. The van der Waals surface area contributed by atoms with Crippen LogP contribution in [0.15, 0.2) is 35.2 Å². The molecule has 3 aliphatic rings. The minimum atomic E-state index is -0.915. The summed E-state index contributed by atoms with van der Waals surface area (Å²) in [6, 6.07) is 0. The average Bonchev–Trinajstić information content (AvgIpc) is 2.73. The quantitative estimate of drug-likeness (QED) is 0.565. The van der Waals surface area contributed by atoms with Crippen molar-refractivity contribution >= 4 is 0 Å². The van der Waals surface area contributed by atoms with Crippen molar-refractivity contribution in [3.8, 4) is 0 Å². The highest BCUT2D eigenvalue weighted by Gasteiger charge is 2.52. The highest BCUT2D eigenvalue weighted by Crippen LogP contribution is 2.52. The van der Waals surface area contributed by atoms with Gasteiger partial charge in [0.05, 0.1) is 0 Å². The van der Waals surface area contributed by atoms with E-state index in [9.17, 15) is 15.3 Å². The van der Waals surface area contributed by atoms with Crippen LogP contribution in [0, 0.1) is 5.92 Å². The molecule has 0 amide bonds. The van der Waals surface area contributed by atoms with Crippen molar-refractivity contribution < 1.29 is 20.1 Å². The van der Waals surface area contributed by atoms with Crippen LogP contribution < -0.4 is 0 Å². The molecule has 0 aromatic carbocycles. The predicted molar refractivity (Wildman–Crippen MR) is 61.5 cm³/mol. The molecule has 1 heterocycles. The molecule has 0 radical (unpaired) electrons. The fourth-order valence-corrected chi connectivity index (χ4v) is 3.22. The van der Waals surface area contributed by atoms with Gasteiger partial charge >= 0.3 is 0 Å². The van der Waals surface area contributed by atoms with Gasteiger partial charge in [-0.05, 0) is 43.6 Å². The molecule has 3 N–H and O–H groups in total. The molecule has 3 rings (SSSR count). The molecule has 1 fully saturated rings. The number of hydrogen-bond donors (Lipinski definition) is 3. The minimum absolute atomic E-state index is 0.242. The number of fused-ring (bicyclic) bond motifs is 2. The zero-order chi connectivity index (χ0) is 12.0. The molecule has 1 aliphatic heterocycles. The second kappa shape index (κ2) is 3.45. The van der Waals surface area contributed by atoms with Crippen LogP contribution in [0.3, 0.4) is 0 Å². The molecule has 17 heavy (non-hydrogen) atoms. The summed E-state index contributed by atoms with van der Waals surface area (Å²) >= 11 is 0. The Balaban J connectivity index is 2.07. The Morgan fingerprint density at radius 1 is 1.24 bits per heavy atom. The Morgan fingerprint density at radius 2 is 2.06 bits per heavy atom. The molecule has 0 aromatic rings. The molecule has 1 saturated carbocycles. The maximum atomic E-state index is 10.1. The van der Waals surface area contributed by atoms with Gasteiger partial charge in [-0.1, -0.05) is 6.08 Å². The predicted octanol–water partition coefficient (Wildman–Crippen LogP) is 3.00. The Bertz CT molecular complexity index is 446. The molecule has 0 aromatic heterocycles. The average molecular weight is 236 g/mol. The molecule has 2 atom stereocenters. The summed E-state index contributed by atoms with van der Waals surface area (Å²) in [4.78, 5) is 0. The standard InChI is InChI=1S/C13H16O4/c14-10-7-17-13(12(16)11(10)15)6-5-8-3-1-2-4-9(8)13/h4,7-8,14-16H,1-3,5-6H2. The molecule has 92 valence electrons. The van der Waals surface area contributed by atoms with Crippen LogP contribution in [0.25, 0.3) is 0 Å². The van der Waals surface area contributed by atoms with Crippen LogP contribution in [0.5, 0.6) is 0 Å². The van der Waals surface area contributed by atoms with Crippen LogP contribution in [-0.2, 0) is 4.74 Å². The summed E-state index contributed by atoms with van der Waals surface area (Å²) in [5.74, 6) is -0.670. The first-order valence-electron chi connectivity index (χ1n) is 6.05. The fourth-order valence-electron chi connectivity index (χ4n) is 3.22. The lowest BCUT2D eigenvalue weighted by atomic mass is 9.83. The monoisotopic (exact) mass is 236 g/mol. The van der Waals surface area contributed by atoms with E-state index in [1.165, 1.54) is 6.42 Å². The van der Waals surface area contributed by atoms with Gasteiger partial charge in [0.15, 0.2) is 17.1 Å². The van der Waals surface area contributed by atoms with E-state index in [0.717, 1.165) is 31.1 Å². The van der Waals surface area contributed by atoms with Crippen molar-refractivity contribution in [1.29, 1.82) is 0 Å². The van der Waals surface area contributed by atoms with E-state index in [1.54, 1.807) is 0 Å².